The summed E-state index contributed by atoms with van der Waals surface area (Å²) in [5.41, 5.74) is -0.689. The van der Waals surface area contributed by atoms with Crippen molar-refractivity contribution in [3.8, 4) is 0 Å². The molecular weight excluding hydrogens is 253 g/mol. The van der Waals surface area contributed by atoms with Gasteiger partial charge in [0.05, 0.1) is 5.83 Å². The van der Waals surface area contributed by atoms with E-state index in [9.17, 15) is 14.0 Å². The summed E-state index contributed by atoms with van der Waals surface area (Å²) in [7, 11) is 0. The van der Waals surface area contributed by atoms with Crippen molar-refractivity contribution in [2.45, 2.75) is 51.7 Å². The molecular formula is C13H20FNO4. The van der Waals surface area contributed by atoms with Crippen molar-refractivity contribution >= 4 is 12.1 Å². The number of alkyl carbamates (subject to hydrolysis) is 1. The summed E-state index contributed by atoms with van der Waals surface area (Å²) < 4.78 is 17.9. The van der Waals surface area contributed by atoms with Gasteiger partial charge in [-0.2, -0.15) is 0 Å². The molecule has 0 fully saturated rings. The summed E-state index contributed by atoms with van der Waals surface area (Å²) in [4.78, 5) is 22.8. The van der Waals surface area contributed by atoms with Crippen LogP contribution < -0.4 is 5.32 Å². The van der Waals surface area contributed by atoms with E-state index in [0.717, 1.165) is 0 Å². The summed E-state index contributed by atoms with van der Waals surface area (Å²) in [5.74, 6) is -1.67. The Bertz CT molecular complexity index is 387. The third kappa shape index (κ3) is 5.28. The van der Waals surface area contributed by atoms with E-state index in [4.69, 9.17) is 9.84 Å². The Kier molecular flexibility index (Phi) is 4.91. The number of hydrogen-bond donors (Lipinski definition) is 2. The highest BCUT2D eigenvalue weighted by Crippen LogP contribution is 2.27. The number of halogens is 1. The Morgan fingerprint density at radius 2 is 2.16 bits per heavy atom. The summed E-state index contributed by atoms with van der Waals surface area (Å²) in [5, 5.41) is 11.5. The number of aliphatic carboxylic acids is 1. The molecule has 1 aliphatic carbocycles. The van der Waals surface area contributed by atoms with Gasteiger partial charge in [-0.3, -0.25) is 0 Å². The zero-order valence-corrected chi connectivity index (χ0v) is 11.4. The summed E-state index contributed by atoms with van der Waals surface area (Å²) in [6, 6.07) is -1.06. The van der Waals surface area contributed by atoms with E-state index >= 15 is 0 Å². The molecule has 0 bridgehead atoms. The lowest BCUT2D eigenvalue weighted by molar-refractivity contribution is -0.141. The van der Waals surface area contributed by atoms with E-state index in [-0.39, 0.29) is 18.2 Å². The third-order valence-electron chi connectivity index (χ3n) is 2.81. The number of amides is 1. The van der Waals surface area contributed by atoms with E-state index in [0.29, 0.717) is 12.8 Å². The molecule has 0 heterocycles. The van der Waals surface area contributed by atoms with Gasteiger partial charge in [-0.15, -0.1) is 0 Å². The molecule has 5 nitrogen and oxygen atoms in total. The molecule has 19 heavy (non-hydrogen) atoms. The molecule has 1 amide bonds. The average Bonchev–Trinajstić information content (AvgIpc) is 2.24. The molecule has 0 spiro atoms. The van der Waals surface area contributed by atoms with Crippen LogP contribution in [0.15, 0.2) is 11.9 Å². The van der Waals surface area contributed by atoms with Crippen LogP contribution in [-0.4, -0.2) is 28.8 Å². The van der Waals surface area contributed by atoms with Gasteiger partial charge in [0.25, 0.3) is 0 Å². The first-order chi connectivity index (χ1) is 8.69. The van der Waals surface area contributed by atoms with Crippen molar-refractivity contribution in [1.82, 2.24) is 5.32 Å². The third-order valence-corrected chi connectivity index (χ3v) is 2.81. The van der Waals surface area contributed by atoms with Gasteiger partial charge in [-0.05, 0) is 46.0 Å². The van der Waals surface area contributed by atoms with Crippen LogP contribution in [0, 0.1) is 5.92 Å². The predicted molar refractivity (Wildman–Crippen MR) is 67.3 cm³/mol. The summed E-state index contributed by atoms with van der Waals surface area (Å²) >= 11 is 0. The second kappa shape index (κ2) is 6.04. The number of allylic oxidation sites excluding steroid dienone is 2. The van der Waals surface area contributed by atoms with Gasteiger partial charge in [0, 0.05) is 0 Å². The topological polar surface area (TPSA) is 75.6 Å². The van der Waals surface area contributed by atoms with Crippen LogP contribution in [0.25, 0.3) is 0 Å². The van der Waals surface area contributed by atoms with Crippen LogP contribution in [0.2, 0.25) is 0 Å². The highest BCUT2D eigenvalue weighted by Gasteiger charge is 2.32. The van der Waals surface area contributed by atoms with Crippen molar-refractivity contribution in [3.05, 3.63) is 11.9 Å². The van der Waals surface area contributed by atoms with Gasteiger partial charge in [0.15, 0.2) is 0 Å². The maximum atomic E-state index is 12.9. The smallest absolute Gasteiger partial charge is 0.408 e. The highest BCUT2D eigenvalue weighted by atomic mass is 19.1. The molecule has 2 unspecified atom stereocenters. The van der Waals surface area contributed by atoms with Crippen molar-refractivity contribution in [2.24, 2.45) is 5.92 Å². The Balaban J connectivity index is 2.64. The Morgan fingerprint density at radius 1 is 1.53 bits per heavy atom. The fourth-order valence-corrected chi connectivity index (χ4v) is 1.94. The van der Waals surface area contributed by atoms with E-state index in [1.165, 1.54) is 6.08 Å². The molecule has 6 heteroatoms. The van der Waals surface area contributed by atoms with E-state index in [1.54, 1.807) is 20.8 Å². The first-order valence-electron chi connectivity index (χ1n) is 6.26. The lowest BCUT2D eigenvalue weighted by Gasteiger charge is -2.27. The molecule has 1 aliphatic rings. The molecule has 2 atom stereocenters. The Morgan fingerprint density at radius 3 is 2.58 bits per heavy atom. The number of ether oxygens (including phenoxy) is 1. The van der Waals surface area contributed by atoms with Crippen LogP contribution in [0.1, 0.15) is 40.0 Å². The van der Waals surface area contributed by atoms with Gasteiger partial charge >= 0.3 is 12.1 Å². The van der Waals surface area contributed by atoms with Crippen LogP contribution in [0.5, 0.6) is 0 Å². The molecule has 2 N–H and O–H groups in total. The Labute approximate surface area is 111 Å². The molecule has 0 aromatic carbocycles. The molecule has 0 aromatic heterocycles. The quantitative estimate of drug-likeness (QED) is 0.828. The van der Waals surface area contributed by atoms with Crippen LogP contribution in [0.4, 0.5) is 9.18 Å². The maximum absolute atomic E-state index is 12.9. The standard InChI is InChI=1S/C13H20FNO4/c1-13(2,3)19-12(18)15-10(11(16)17)8-4-6-9(14)7-5-8/h6,8,10H,4-5,7H2,1-3H3,(H,15,18)(H,16,17). The number of carbonyl (C=O) groups is 2. The summed E-state index contributed by atoms with van der Waals surface area (Å²) in [6.07, 6.45) is 1.52. The molecule has 108 valence electrons. The minimum atomic E-state index is -1.13. The lowest BCUT2D eigenvalue weighted by Crippen LogP contribution is -2.48. The van der Waals surface area contributed by atoms with Gasteiger partial charge in [-0.25, -0.2) is 14.0 Å². The van der Waals surface area contributed by atoms with Crippen LogP contribution >= 0.6 is 0 Å². The predicted octanol–water partition coefficient (Wildman–Crippen LogP) is 2.62. The first kappa shape index (κ1) is 15.5. The second-order valence-corrected chi connectivity index (χ2v) is 5.65. The van der Waals surface area contributed by atoms with Crippen molar-refractivity contribution in [2.75, 3.05) is 0 Å². The summed E-state index contributed by atoms with van der Waals surface area (Å²) in [6.45, 7) is 5.09. The molecule has 0 aliphatic heterocycles. The fourth-order valence-electron chi connectivity index (χ4n) is 1.94. The minimum Gasteiger partial charge on any atom is -0.480 e. The lowest BCUT2D eigenvalue weighted by atomic mass is 9.87. The normalized spacial score (nSPS) is 21.3. The van der Waals surface area contributed by atoms with Crippen LogP contribution in [0.3, 0.4) is 0 Å². The highest BCUT2D eigenvalue weighted by molar-refractivity contribution is 5.80. The molecule has 0 aromatic rings. The fraction of sp³-hybridized carbons (Fsp3) is 0.692. The Hall–Kier alpha value is -1.59. The first-order valence-corrected chi connectivity index (χ1v) is 6.26. The monoisotopic (exact) mass is 273 g/mol. The average molecular weight is 273 g/mol. The van der Waals surface area contributed by atoms with Crippen molar-refractivity contribution in [1.29, 1.82) is 0 Å². The number of carbonyl (C=O) groups excluding carboxylic acids is 1. The number of carboxylic acids is 1. The van der Waals surface area contributed by atoms with E-state index < -0.39 is 23.7 Å². The second-order valence-electron chi connectivity index (χ2n) is 5.65. The zero-order valence-electron chi connectivity index (χ0n) is 11.4. The number of rotatable bonds is 3. The maximum Gasteiger partial charge on any atom is 0.408 e. The number of nitrogens with one attached hydrogen (secondary N) is 1. The van der Waals surface area contributed by atoms with E-state index in [2.05, 4.69) is 5.32 Å². The van der Waals surface area contributed by atoms with Crippen molar-refractivity contribution < 1.29 is 23.8 Å². The number of hydrogen-bond acceptors (Lipinski definition) is 3. The van der Waals surface area contributed by atoms with E-state index in [1.807, 2.05) is 0 Å². The molecule has 0 radical (unpaired) electrons. The van der Waals surface area contributed by atoms with Gasteiger partial charge in [0.2, 0.25) is 0 Å². The zero-order chi connectivity index (χ0) is 14.6. The number of carboxylic acid groups (broad SMARTS) is 1. The van der Waals surface area contributed by atoms with Gasteiger partial charge in [-0.1, -0.05) is 6.08 Å². The van der Waals surface area contributed by atoms with Gasteiger partial charge < -0.3 is 15.2 Å². The molecule has 1 rings (SSSR count). The van der Waals surface area contributed by atoms with Crippen molar-refractivity contribution in [3.63, 3.8) is 0 Å². The van der Waals surface area contributed by atoms with Crippen LogP contribution in [-0.2, 0) is 9.53 Å². The molecule has 0 saturated carbocycles. The largest absolute Gasteiger partial charge is 0.480 e. The SMILES string of the molecule is CC(C)(C)OC(=O)NC(C(=O)O)C1CC=C(F)CC1. The molecule has 0 saturated heterocycles. The minimum absolute atomic E-state index is 0.213. The van der Waals surface area contributed by atoms with Gasteiger partial charge in [0.1, 0.15) is 11.6 Å².